The number of hydrogen-bond acceptors (Lipinski definition) is 1. The quantitative estimate of drug-likeness (QED) is 0.199. The molecule has 3 aromatic carbocycles. The fourth-order valence-electron chi connectivity index (χ4n) is 2.43. The van der Waals surface area contributed by atoms with E-state index in [0.29, 0.717) is 5.33 Å². The zero-order valence-electron chi connectivity index (χ0n) is 10.6. The molecule has 3 rings (SSSR count). The van der Waals surface area contributed by atoms with Gasteiger partial charge in [-0.25, -0.2) is 0 Å². The Morgan fingerprint density at radius 1 is 0.857 bits per heavy atom. The summed E-state index contributed by atoms with van der Waals surface area (Å²) in [5.41, 5.74) is 0.746. The molecule has 0 heterocycles. The van der Waals surface area contributed by atoms with Gasteiger partial charge in [0.15, 0.2) is 5.78 Å². The highest BCUT2D eigenvalue weighted by molar-refractivity contribution is 9.13. The minimum atomic E-state index is 0.0864. The summed E-state index contributed by atoms with van der Waals surface area (Å²) in [5, 5.41) is 4.53. The molecular weight excluding hydrogens is 528 g/mol. The Balaban J connectivity index is 2.53. The Labute approximate surface area is 155 Å². The molecule has 0 unspecified atom stereocenters. The standard InChI is InChI=1S/C16H8Br4O/c17-7-16(21)13-3-8-4-14(19)15(20)6-11(8)12-5-9(18)1-2-10(12)13/h1-6H,7H2. The van der Waals surface area contributed by atoms with Gasteiger partial charge < -0.3 is 0 Å². The number of hydrogen-bond donors (Lipinski definition) is 0. The van der Waals surface area contributed by atoms with Gasteiger partial charge in [-0.1, -0.05) is 37.9 Å². The van der Waals surface area contributed by atoms with E-state index in [1.165, 1.54) is 0 Å². The third-order valence-corrected chi connectivity index (χ3v) is 6.22. The summed E-state index contributed by atoms with van der Waals surface area (Å²) in [6, 6.07) is 12.1. The lowest BCUT2D eigenvalue weighted by Crippen LogP contribution is -2.01. The van der Waals surface area contributed by atoms with E-state index in [1.807, 2.05) is 24.3 Å². The third-order valence-electron chi connectivity index (χ3n) is 3.38. The molecule has 0 saturated carbocycles. The first-order valence-electron chi connectivity index (χ1n) is 6.11. The molecule has 0 saturated heterocycles. The van der Waals surface area contributed by atoms with Crippen LogP contribution in [-0.4, -0.2) is 11.1 Å². The van der Waals surface area contributed by atoms with Crippen molar-refractivity contribution in [3.63, 3.8) is 0 Å². The average Bonchev–Trinajstić information content (AvgIpc) is 2.47. The van der Waals surface area contributed by atoms with Crippen LogP contribution >= 0.6 is 63.7 Å². The van der Waals surface area contributed by atoms with Gasteiger partial charge in [0, 0.05) is 19.0 Å². The number of alkyl halides is 1. The summed E-state index contributed by atoms with van der Waals surface area (Å²) in [7, 11) is 0. The van der Waals surface area contributed by atoms with Gasteiger partial charge in [-0.3, -0.25) is 4.79 Å². The average molecular weight is 536 g/mol. The molecule has 0 fully saturated rings. The Kier molecular flexibility index (Phi) is 4.55. The molecule has 0 radical (unpaired) electrons. The number of fused-ring (bicyclic) bond motifs is 3. The molecule has 106 valence electrons. The maximum atomic E-state index is 12.2. The molecule has 0 aliphatic carbocycles. The van der Waals surface area contributed by atoms with Crippen molar-refractivity contribution in [2.45, 2.75) is 0 Å². The van der Waals surface area contributed by atoms with Crippen molar-refractivity contribution in [2.75, 3.05) is 5.33 Å². The molecule has 0 aromatic heterocycles. The van der Waals surface area contributed by atoms with E-state index >= 15 is 0 Å². The largest absolute Gasteiger partial charge is 0.293 e. The van der Waals surface area contributed by atoms with Crippen molar-refractivity contribution in [3.05, 3.63) is 55.4 Å². The molecule has 0 N–H and O–H groups in total. The molecule has 0 amide bonds. The lowest BCUT2D eigenvalue weighted by atomic mass is 9.96. The van der Waals surface area contributed by atoms with Gasteiger partial charge in [0.1, 0.15) is 0 Å². The van der Waals surface area contributed by atoms with Gasteiger partial charge in [0.25, 0.3) is 0 Å². The minimum absolute atomic E-state index is 0.0864. The van der Waals surface area contributed by atoms with Crippen molar-refractivity contribution in [1.29, 1.82) is 0 Å². The molecule has 5 heteroatoms. The zero-order valence-corrected chi connectivity index (χ0v) is 16.9. The van der Waals surface area contributed by atoms with Crippen LogP contribution in [0.3, 0.4) is 0 Å². The van der Waals surface area contributed by atoms with E-state index in [-0.39, 0.29) is 5.78 Å². The van der Waals surface area contributed by atoms with E-state index < -0.39 is 0 Å². The summed E-state index contributed by atoms with van der Waals surface area (Å²) in [4.78, 5) is 12.2. The summed E-state index contributed by atoms with van der Waals surface area (Å²) in [6.45, 7) is 0. The lowest BCUT2D eigenvalue weighted by molar-refractivity contribution is 0.102. The number of carbonyl (C=O) groups is 1. The molecule has 0 aliphatic heterocycles. The molecule has 0 bridgehead atoms. The highest BCUT2D eigenvalue weighted by Gasteiger charge is 2.13. The summed E-state index contributed by atoms with van der Waals surface area (Å²) in [5.74, 6) is 0.0864. The van der Waals surface area contributed by atoms with Crippen LogP contribution in [0.1, 0.15) is 10.4 Å². The van der Waals surface area contributed by atoms with Gasteiger partial charge >= 0.3 is 0 Å². The summed E-state index contributed by atoms with van der Waals surface area (Å²) in [6.07, 6.45) is 0. The number of Topliss-reactive ketones (excluding diaryl/α,β-unsaturated/α-hetero) is 1. The van der Waals surface area contributed by atoms with Crippen LogP contribution in [0.15, 0.2) is 49.8 Å². The first-order chi connectivity index (χ1) is 10.0. The highest BCUT2D eigenvalue weighted by atomic mass is 79.9. The zero-order chi connectivity index (χ0) is 15.1. The number of ketones is 1. The third kappa shape index (κ3) is 2.85. The van der Waals surface area contributed by atoms with Gasteiger partial charge in [0.05, 0.1) is 5.33 Å². The molecular formula is C16H8Br4O. The number of rotatable bonds is 2. The van der Waals surface area contributed by atoms with Crippen molar-refractivity contribution >= 4 is 91.0 Å². The first-order valence-corrected chi connectivity index (χ1v) is 9.61. The molecule has 0 atom stereocenters. The number of benzene rings is 3. The van der Waals surface area contributed by atoms with Gasteiger partial charge in [-0.05, 0) is 83.7 Å². The van der Waals surface area contributed by atoms with Crippen LogP contribution in [0, 0.1) is 0 Å². The van der Waals surface area contributed by atoms with Crippen LogP contribution in [0.5, 0.6) is 0 Å². The summed E-state index contributed by atoms with van der Waals surface area (Å²) >= 11 is 13.9. The minimum Gasteiger partial charge on any atom is -0.293 e. The smallest absolute Gasteiger partial charge is 0.174 e. The second-order valence-electron chi connectivity index (χ2n) is 4.66. The fourth-order valence-corrected chi connectivity index (χ4v) is 3.79. The van der Waals surface area contributed by atoms with Crippen molar-refractivity contribution < 1.29 is 4.79 Å². The maximum Gasteiger partial charge on any atom is 0.174 e. The van der Waals surface area contributed by atoms with Crippen molar-refractivity contribution in [2.24, 2.45) is 0 Å². The van der Waals surface area contributed by atoms with Crippen molar-refractivity contribution in [1.82, 2.24) is 0 Å². The van der Waals surface area contributed by atoms with E-state index in [2.05, 4.69) is 75.9 Å². The van der Waals surface area contributed by atoms with Crippen LogP contribution in [-0.2, 0) is 0 Å². The monoisotopic (exact) mass is 532 g/mol. The highest BCUT2D eigenvalue weighted by Crippen LogP contribution is 2.36. The summed E-state index contributed by atoms with van der Waals surface area (Å²) < 4.78 is 2.97. The van der Waals surface area contributed by atoms with Crippen LogP contribution < -0.4 is 0 Å². The predicted octanol–water partition coefficient (Wildman–Crippen LogP) is 6.86. The number of halogens is 4. The fraction of sp³-hybridized carbons (Fsp3) is 0.0625. The SMILES string of the molecule is O=C(CBr)c1cc2cc(Br)c(Br)cc2c2cc(Br)ccc12. The van der Waals surface area contributed by atoms with E-state index in [9.17, 15) is 4.79 Å². The Hall–Kier alpha value is -0.230. The maximum absolute atomic E-state index is 12.2. The number of carbonyl (C=O) groups excluding carboxylic acids is 1. The Bertz CT molecular complexity index is 886. The Morgan fingerprint density at radius 2 is 1.57 bits per heavy atom. The lowest BCUT2D eigenvalue weighted by Gasteiger charge is -2.11. The second kappa shape index (κ2) is 6.11. The van der Waals surface area contributed by atoms with Gasteiger partial charge in [-0.2, -0.15) is 0 Å². The first kappa shape index (κ1) is 15.7. The van der Waals surface area contributed by atoms with E-state index in [1.54, 1.807) is 0 Å². The van der Waals surface area contributed by atoms with Gasteiger partial charge in [0.2, 0.25) is 0 Å². The molecule has 0 aliphatic rings. The van der Waals surface area contributed by atoms with Crippen LogP contribution in [0.4, 0.5) is 0 Å². The molecule has 3 aromatic rings. The Morgan fingerprint density at radius 3 is 2.29 bits per heavy atom. The van der Waals surface area contributed by atoms with Crippen LogP contribution in [0.25, 0.3) is 21.5 Å². The second-order valence-corrected chi connectivity index (χ2v) is 7.84. The molecule has 1 nitrogen and oxygen atoms in total. The van der Waals surface area contributed by atoms with E-state index in [4.69, 9.17) is 0 Å². The van der Waals surface area contributed by atoms with Crippen LogP contribution in [0.2, 0.25) is 0 Å². The molecule has 0 spiro atoms. The van der Waals surface area contributed by atoms with Gasteiger partial charge in [-0.15, -0.1) is 0 Å². The topological polar surface area (TPSA) is 17.1 Å². The molecule has 21 heavy (non-hydrogen) atoms. The predicted molar refractivity (Wildman–Crippen MR) is 103 cm³/mol. The normalized spacial score (nSPS) is 11.2. The van der Waals surface area contributed by atoms with Crippen molar-refractivity contribution in [3.8, 4) is 0 Å². The van der Waals surface area contributed by atoms with E-state index in [0.717, 1.165) is 40.5 Å².